The molecule has 0 radical (unpaired) electrons. The van der Waals surface area contributed by atoms with Crippen LogP contribution in [0.3, 0.4) is 0 Å². The van der Waals surface area contributed by atoms with Gasteiger partial charge in [-0.2, -0.15) is 0 Å². The van der Waals surface area contributed by atoms with Gasteiger partial charge in [-0.25, -0.2) is 8.78 Å². The number of halogens is 2. The molecule has 2 unspecified atom stereocenters. The van der Waals surface area contributed by atoms with Gasteiger partial charge in [-0.15, -0.1) is 0 Å². The summed E-state index contributed by atoms with van der Waals surface area (Å²) in [7, 11) is 1.53. The van der Waals surface area contributed by atoms with Crippen LogP contribution in [0.2, 0.25) is 0 Å². The van der Waals surface area contributed by atoms with E-state index < -0.39 is 23.1 Å². The number of methoxy groups -OCH3 is 1. The lowest BCUT2D eigenvalue weighted by Crippen LogP contribution is -2.31. The summed E-state index contributed by atoms with van der Waals surface area (Å²) in [6.07, 6.45) is 7.25. The Kier molecular flexibility index (Phi) is 10.3. The van der Waals surface area contributed by atoms with E-state index in [1.165, 1.54) is 48.1 Å². The van der Waals surface area contributed by atoms with Crippen molar-refractivity contribution in [1.82, 2.24) is 14.9 Å². The first kappa shape index (κ1) is 34.9. The van der Waals surface area contributed by atoms with Crippen LogP contribution in [0, 0.1) is 17.6 Å². The first-order chi connectivity index (χ1) is 25.3. The summed E-state index contributed by atoms with van der Waals surface area (Å²) in [6.45, 7) is 2.13. The zero-order valence-corrected chi connectivity index (χ0v) is 28.5. The number of rotatable bonds is 12. The summed E-state index contributed by atoms with van der Waals surface area (Å²) in [5, 5.41) is 16.5. The van der Waals surface area contributed by atoms with E-state index in [1.807, 2.05) is 0 Å². The number of fused-ring (bicyclic) bond motifs is 2. The Morgan fingerprint density at radius 2 is 1.88 bits per heavy atom. The third kappa shape index (κ3) is 7.55. The molecule has 2 atom stereocenters. The van der Waals surface area contributed by atoms with Crippen molar-refractivity contribution in [1.29, 1.82) is 0 Å². The van der Waals surface area contributed by atoms with Crippen molar-refractivity contribution in [2.24, 2.45) is 5.92 Å². The van der Waals surface area contributed by atoms with Crippen molar-refractivity contribution in [2.75, 3.05) is 38.7 Å². The van der Waals surface area contributed by atoms with Gasteiger partial charge < -0.3 is 34.7 Å². The molecule has 0 spiro atoms. The molecule has 52 heavy (non-hydrogen) atoms. The van der Waals surface area contributed by atoms with Gasteiger partial charge in [0.15, 0.2) is 23.1 Å². The molecule has 1 amide bonds. The number of ether oxygens (including phenoxy) is 4. The highest BCUT2D eigenvalue weighted by molar-refractivity contribution is 6.06. The maximum Gasteiger partial charge on any atom is 0.271 e. The second kappa shape index (κ2) is 15.4. The zero-order chi connectivity index (χ0) is 36.2. The van der Waals surface area contributed by atoms with Crippen LogP contribution in [-0.4, -0.2) is 60.1 Å². The fourth-order valence-corrected chi connectivity index (χ4v) is 6.70. The second-order valence-electron chi connectivity index (χ2n) is 12.9. The topological polar surface area (TPSA) is 133 Å². The first-order valence-electron chi connectivity index (χ1n) is 17.2. The summed E-state index contributed by atoms with van der Waals surface area (Å²) in [5.74, 6) is -0.208. The van der Waals surface area contributed by atoms with Crippen LogP contribution in [-0.2, 0) is 6.42 Å². The first-order valence-corrected chi connectivity index (χ1v) is 17.2. The molecule has 11 nitrogen and oxygen atoms in total. The Labute approximate surface area is 298 Å². The largest absolute Gasteiger partial charge is 0.493 e. The maximum atomic E-state index is 15.5. The minimum Gasteiger partial charge on any atom is -0.493 e. The lowest BCUT2D eigenvalue weighted by Gasteiger charge is -2.26. The normalized spacial score (nSPS) is 16.6. The second-order valence-corrected chi connectivity index (χ2v) is 12.9. The number of aliphatic hydroxyl groups is 1. The Morgan fingerprint density at radius 3 is 2.67 bits per heavy atom. The number of hydrogen-bond acceptors (Lipinski definition) is 9. The van der Waals surface area contributed by atoms with E-state index in [9.17, 15) is 19.1 Å². The van der Waals surface area contributed by atoms with Crippen molar-refractivity contribution in [3.63, 3.8) is 0 Å². The van der Waals surface area contributed by atoms with Crippen LogP contribution < -0.4 is 35.1 Å². The van der Waals surface area contributed by atoms with Crippen LogP contribution in [0.15, 0.2) is 77.9 Å². The van der Waals surface area contributed by atoms with Crippen molar-refractivity contribution in [3.8, 4) is 34.4 Å². The summed E-state index contributed by atoms with van der Waals surface area (Å²) in [6, 6.07) is 14.3. The van der Waals surface area contributed by atoms with Crippen LogP contribution in [0.4, 0.5) is 14.5 Å². The highest BCUT2D eigenvalue weighted by Crippen LogP contribution is 2.38. The van der Waals surface area contributed by atoms with Crippen LogP contribution in [0.25, 0.3) is 16.6 Å². The molecule has 1 aliphatic heterocycles. The molecule has 5 aromatic rings. The average molecular weight is 713 g/mol. The number of nitrogens with zero attached hydrogens (tertiary/aromatic N) is 2. The molecule has 1 fully saturated rings. The lowest BCUT2D eigenvalue weighted by molar-refractivity contribution is 0.100. The van der Waals surface area contributed by atoms with Gasteiger partial charge in [0.2, 0.25) is 0 Å². The molecule has 7 rings (SSSR count). The Bertz CT molecular complexity index is 2160. The molecule has 1 saturated carbocycles. The molecular weight excluding hydrogens is 674 g/mol. The number of anilines is 1. The molecular formula is C39H38F2N4O7. The average Bonchev–Trinajstić information content (AvgIpc) is 3.60. The van der Waals surface area contributed by atoms with Gasteiger partial charge in [0.25, 0.3) is 11.5 Å². The number of aliphatic hydroxyl groups excluding tert-OH is 1. The maximum absolute atomic E-state index is 15.5. The molecule has 3 heterocycles. The molecule has 270 valence electrons. The molecule has 0 bridgehead atoms. The van der Waals surface area contributed by atoms with Gasteiger partial charge in [0.05, 0.1) is 25.3 Å². The monoisotopic (exact) mass is 712 g/mol. The summed E-state index contributed by atoms with van der Waals surface area (Å²) >= 11 is 0. The van der Waals surface area contributed by atoms with Gasteiger partial charge in [-0.1, -0.05) is 6.42 Å². The zero-order valence-electron chi connectivity index (χ0n) is 28.5. The van der Waals surface area contributed by atoms with E-state index in [-0.39, 0.29) is 35.5 Å². The van der Waals surface area contributed by atoms with E-state index in [2.05, 4.69) is 15.6 Å². The van der Waals surface area contributed by atoms with Crippen molar-refractivity contribution < 1.29 is 37.6 Å². The highest BCUT2D eigenvalue weighted by atomic mass is 19.1. The van der Waals surface area contributed by atoms with Gasteiger partial charge in [0, 0.05) is 59.8 Å². The quantitative estimate of drug-likeness (QED) is 0.130. The molecule has 3 aromatic carbocycles. The van der Waals surface area contributed by atoms with Gasteiger partial charge >= 0.3 is 0 Å². The van der Waals surface area contributed by atoms with E-state index in [4.69, 9.17) is 18.9 Å². The van der Waals surface area contributed by atoms with Gasteiger partial charge in [-0.05, 0) is 80.3 Å². The predicted octanol–water partition coefficient (Wildman–Crippen LogP) is 6.17. The minimum atomic E-state index is -0.780. The summed E-state index contributed by atoms with van der Waals surface area (Å²) < 4.78 is 53.5. The molecule has 3 N–H and O–H groups in total. The van der Waals surface area contributed by atoms with Crippen LogP contribution in [0.1, 0.15) is 41.6 Å². The molecule has 1 aliphatic carbocycles. The van der Waals surface area contributed by atoms with Crippen molar-refractivity contribution in [2.45, 2.75) is 38.2 Å². The van der Waals surface area contributed by atoms with Crippen LogP contribution >= 0.6 is 0 Å². The molecule has 0 saturated heterocycles. The highest BCUT2D eigenvalue weighted by Gasteiger charge is 2.27. The fraction of sp³-hybridized carbons (Fsp3) is 0.308. The molecule has 2 aromatic heterocycles. The van der Waals surface area contributed by atoms with Crippen LogP contribution in [0.5, 0.6) is 28.7 Å². The smallest absolute Gasteiger partial charge is 0.271 e. The van der Waals surface area contributed by atoms with Crippen molar-refractivity contribution in [3.05, 3.63) is 106 Å². The minimum absolute atomic E-state index is 0.0899. The number of carbonyl (C=O) groups excluding carboxylic acids is 1. The number of aromatic nitrogens is 2. The molecule has 13 heteroatoms. The standard InChI is InChI=1S/C39H38F2N4O7/c1-49-34-19-29-31(20-35(34)50-16-14-42-21-23-3-2-4-28(46)17-23)43-13-11-32(29)52-33-10-7-26(18-30(33)41)44-38(47)36-37-24(12-15-51-37)22-45(39(36)48)27-8-5-25(40)6-9-27/h5-11,13,18-20,22-23,28,42,46H,2-4,12,14-17,21H2,1H3,(H,44,47). The summed E-state index contributed by atoms with van der Waals surface area (Å²) in [5.41, 5.74) is 0.766. The fourth-order valence-electron chi connectivity index (χ4n) is 6.70. The Morgan fingerprint density at radius 1 is 1.04 bits per heavy atom. The number of amides is 1. The van der Waals surface area contributed by atoms with Gasteiger partial charge in [-0.3, -0.25) is 19.1 Å². The number of benzene rings is 3. The molecule has 2 aliphatic rings. The Hall–Kier alpha value is -5.53. The number of hydrogen-bond donors (Lipinski definition) is 3. The third-order valence-corrected chi connectivity index (χ3v) is 9.31. The van der Waals surface area contributed by atoms with Gasteiger partial charge in [0.1, 0.15) is 29.5 Å². The number of nitrogens with one attached hydrogen (secondary N) is 2. The Balaban J connectivity index is 1.04. The van der Waals surface area contributed by atoms with E-state index in [1.54, 1.807) is 30.6 Å². The van der Waals surface area contributed by atoms with E-state index in [0.717, 1.165) is 38.3 Å². The van der Waals surface area contributed by atoms with E-state index in [0.29, 0.717) is 64.9 Å². The summed E-state index contributed by atoms with van der Waals surface area (Å²) in [4.78, 5) is 31.4. The number of pyridine rings is 2. The lowest BCUT2D eigenvalue weighted by atomic mass is 9.87. The number of carbonyl (C=O) groups is 1. The van der Waals surface area contributed by atoms with E-state index >= 15 is 4.39 Å². The SMILES string of the molecule is COc1cc2c(Oc3ccc(NC(=O)c4c5c(cn(-c6ccc(F)cc6)c4=O)CCO5)cc3F)ccnc2cc1OCCNCC1CCCC(O)C1. The predicted molar refractivity (Wildman–Crippen MR) is 190 cm³/mol. The third-order valence-electron chi connectivity index (χ3n) is 9.31. The van der Waals surface area contributed by atoms with Crippen molar-refractivity contribution >= 4 is 22.5 Å².